The highest BCUT2D eigenvalue weighted by Crippen LogP contribution is 2.25. The van der Waals surface area contributed by atoms with Gasteiger partial charge in [0.25, 0.3) is 5.56 Å². The fourth-order valence-corrected chi connectivity index (χ4v) is 2.30. The number of carbonyl (C=O) groups is 1. The van der Waals surface area contributed by atoms with Crippen LogP contribution in [-0.2, 0) is 4.79 Å². The van der Waals surface area contributed by atoms with E-state index in [1.807, 2.05) is 4.90 Å². The second kappa shape index (κ2) is 4.69. The van der Waals surface area contributed by atoms with E-state index in [0.29, 0.717) is 11.7 Å². The van der Waals surface area contributed by atoms with Crippen LogP contribution in [0.25, 0.3) is 0 Å². The fourth-order valence-electron chi connectivity index (χ4n) is 2.30. The van der Waals surface area contributed by atoms with Crippen LogP contribution < -0.4 is 5.56 Å². The quantitative estimate of drug-likeness (QED) is 0.783. The fraction of sp³-hybridized carbons (Fsp3) is 0.583. The average molecular weight is 235 g/mol. The highest BCUT2D eigenvalue weighted by Gasteiger charge is 2.23. The van der Waals surface area contributed by atoms with E-state index < -0.39 is 0 Å². The number of likely N-dealkylation sites (tertiary alicyclic amines) is 1. The van der Waals surface area contributed by atoms with Gasteiger partial charge in [-0.15, -0.1) is 0 Å². The van der Waals surface area contributed by atoms with E-state index in [4.69, 9.17) is 0 Å². The van der Waals surface area contributed by atoms with Crippen LogP contribution in [-0.4, -0.2) is 33.9 Å². The van der Waals surface area contributed by atoms with Gasteiger partial charge in [-0.3, -0.25) is 9.59 Å². The number of hydrogen-bond acceptors (Lipinski definition) is 3. The number of amides is 1. The summed E-state index contributed by atoms with van der Waals surface area (Å²) in [7, 11) is 0. The topological polar surface area (TPSA) is 66.1 Å². The lowest BCUT2D eigenvalue weighted by atomic mass is 9.93. The first kappa shape index (κ1) is 11.8. The molecule has 1 amide bonds. The summed E-state index contributed by atoms with van der Waals surface area (Å²) in [5.41, 5.74) is 0.760. The second-order valence-electron chi connectivity index (χ2n) is 4.54. The smallest absolute Gasteiger partial charge is 0.251 e. The van der Waals surface area contributed by atoms with Gasteiger partial charge in [-0.1, -0.05) is 0 Å². The molecule has 0 aromatic carbocycles. The Hall–Kier alpha value is -1.65. The van der Waals surface area contributed by atoms with Crippen molar-refractivity contribution in [2.45, 2.75) is 32.6 Å². The minimum Gasteiger partial charge on any atom is -0.343 e. The normalized spacial score (nSPS) is 17.2. The van der Waals surface area contributed by atoms with Crippen molar-refractivity contribution >= 4 is 5.91 Å². The molecule has 1 saturated heterocycles. The zero-order chi connectivity index (χ0) is 12.4. The van der Waals surface area contributed by atoms with E-state index in [1.165, 1.54) is 0 Å². The van der Waals surface area contributed by atoms with Crippen molar-refractivity contribution in [3.05, 3.63) is 27.9 Å². The Bertz CT molecular complexity index is 473. The van der Waals surface area contributed by atoms with Crippen LogP contribution in [0.2, 0.25) is 0 Å². The van der Waals surface area contributed by atoms with E-state index in [0.717, 1.165) is 31.6 Å². The maximum absolute atomic E-state index is 11.4. The monoisotopic (exact) mass is 235 g/mol. The predicted molar refractivity (Wildman–Crippen MR) is 63.8 cm³/mol. The molecule has 92 valence electrons. The van der Waals surface area contributed by atoms with Crippen molar-refractivity contribution in [1.82, 2.24) is 14.9 Å². The van der Waals surface area contributed by atoms with Crippen molar-refractivity contribution in [3.8, 4) is 0 Å². The molecule has 0 radical (unpaired) electrons. The summed E-state index contributed by atoms with van der Waals surface area (Å²) in [5.74, 6) is 1.08. The van der Waals surface area contributed by atoms with Gasteiger partial charge in [-0.05, 0) is 19.8 Å². The number of carbonyl (C=O) groups excluding carboxylic acids is 1. The van der Waals surface area contributed by atoms with Crippen LogP contribution >= 0.6 is 0 Å². The molecule has 1 fully saturated rings. The Labute approximate surface area is 99.9 Å². The standard InChI is InChI=1S/C12H17N3O2/c1-8-13-11(7-12(17)14-8)10-3-5-15(6-4-10)9(2)16/h7,10H,3-6H2,1-2H3,(H,13,14,17). The predicted octanol–water partition coefficient (Wildman–Crippen LogP) is 0.804. The van der Waals surface area contributed by atoms with Crippen molar-refractivity contribution in [3.63, 3.8) is 0 Å². The molecule has 0 unspecified atom stereocenters. The zero-order valence-electron chi connectivity index (χ0n) is 10.2. The van der Waals surface area contributed by atoms with Crippen molar-refractivity contribution in [2.24, 2.45) is 0 Å². The van der Waals surface area contributed by atoms with Crippen LogP contribution in [0.1, 0.15) is 37.2 Å². The summed E-state index contributed by atoms with van der Waals surface area (Å²) in [6.07, 6.45) is 1.77. The van der Waals surface area contributed by atoms with Gasteiger partial charge in [0.15, 0.2) is 0 Å². The number of aryl methyl sites for hydroxylation is 1. The summed E-state index contributed by atoms with van der Waals surface area (Å²) in [5, 5.41) is 0. The first-order valence-corrected chi connectivity index (χ1v) is 5.89. The Balaban J connectivity index is 2.10. The molecule has 1 aliphatic heterocycles. The third-order valence-corrected chi connectivity index (χ3v) is 3.24. The van der Waals surface area contributed by atoms with Crippen LogP contribution in [0.3, 0.4) is 0 Å². The highest BCUT2D eigenvalue weighted by molar-refractivity contribution is 5.73. The summed E-state index contributed by atoms with van der Waals surface area (Å²) in [6, 6.07) is 1.57. The molecule has 2 rings (SSSR count). The number of piperidine rings is 1. The summed E-state index contributed by atoms with van der Waals surface area (Å²) in [6.45, 7) is 4.90. The van der Waals surface area contributed by atoms with Crippen molar-refractivity contribution < 1.29 is 4.79 Å². The zero-order valence-corrected chi connectivity index (χ0v) is 10.2. The molecule has 5 heteroatoms. The van der Waals surface area contributed by atoms with Gasteiger partial charge >= 0.3 is 0 Å². The number of aromatic amines is 1. The van der Waals surface area contributed by atoms with E-state index in [1.54, 1.807) is 19.9 Å². The molecule has 5 nitrogen and oxygen atoms in total. The molecular formula is C12H17N3O2. The SMILES string of the molecule is CC(=O)N1CCC(c2cc(=O)[nH]c(C)n2)CC1. The molecule has 1 aromatic rings. The lowest BCUT2D eigenvalue weighted by Gasteiger charge is -2.30. The third kappa shape index (κ3) is 2.72. The van der Waals surface area contributed by atoms with Crippen LogP contribution in [0.5, 0.6) is 0 Å². The number of nitrogens with one attached hydrogen (secondary N) is 1. The van der Waals surface area contributed by atoms with Crippen molar-refractivity contribution in [1.29, 1.82) is 0 Å². The average Bonchev–Trinajstić information content (AvgIpc) is 2.28. The van der Waals surface area contributed by atoms with Gasteiger partial charge in [-0.25, -0.2) is 4.98 Å². The highest BCUT2D eigenvalue weighted by atomic mass is 16.2. The number of nitrogens with zero attached hydrogens (tertiary/aromatic N) is 2. The van der Waals surface area contributed by atoms with Gasteiger partial charge in [0.2, 0.25) is 5.91 Å². The van der Waals surface area contributed by atoms with E-state index in [-0.39, 0.29) is 11.5 Å². The third-order valence-electron chi connectivity index (χ3n) is 3.24. The maximum atomic E-state index is 11.4. The molecule has 0 aliphatic carbocycles. The Kier molecular flexibility index (Phi) is 3.26. The van der Waals surface area contributed by atoms with Gasteiger partial charge < -0.3 is 9.88 Å². The molecule has 0 bridgehead atoms. The van der Waals surface area contributed by atoms with Gasteiger partial charge in [0, 0.05) is 32.0 Å². The minimum absolute atomic E-state index is 0.0958. The molecule has 1 aliphatic rings. The number of aromatic nitrogens is 2. The Morgan fingerprint density at radius 3 is 2.65 bits per heavy atom. The van der Waals surface area contributed by atoms with Gasteiger partial charge in [-0.2, -0.15) is 0 Å². The van der Waals surface area contributed by atoms with E-state index in [2.05, 4.69) is 9.97 Å². The van der Waals surface area contributed by atoms with Crippen LogP contribution in [0.4, 0.5) is 0 Å². The lowest BCUT2D eigenvalue weighted by Crippen LogP contribution is -2.36. The maximum Gasteiger partial charge on any atom is 0.251 e. The first-order valence-electron chi connectivity index (χ1n) is 5.89. The molecule has 0 saturated carbocycles. The van der Waals surface area contributed by atoms with Crippen LogP contribution in [0, 0.1) is 6.92 Å². The molecule has 2 heterocycles. The lowest BCUT2D eigenvalue weighted by molar-refractivity contribution is -0.129. The molecule has 0 spiro atoms. The molecule has 1 aromatic heterocycles. The van der Waals surface area contributed by atoms with E-state index in [9.17, 15) is 9.59 Å². The van der Waals surface area contributed by atoms with Gasteiger partial charge in [0.1, 0.15) is 5.82 Å². The largest absolute Gasteiger partial charge is 0.343 e. The molecule has 1 N–H and O–H groups in total. The van der Waals surface area contributed by atoms with E-state index >= 15 is 0 Å². The summed E-state index contributed by atoms with van der Waals surface area (Å²) in [4.78, 5) is 31.4. The van der Waals surface area contributed by atoms with Crippen molar-refractivity contribution in [2.75, 3.05) is 13.1 Å². The molecule has 17 heavy (non-hydrogen) atoms. The first-order chi connectivity index (χ1) is 8.06. The summed E-state index contributed by atoms with van der Waals surface area (Å²) >= 11 is 0. The Morgan fingerprint density at radius 2 is 2.12 bits per heavy atom. The molecular weight excluding hydrogens is 218 g/mol. The number of rotatable bonds is 1. The van der Waals surface area contributed by atoms with Gasteiger partial charge in [0.05, 0.1) is 5.69 Å². The van der Waals surface area contributed by atoms with Crippen LogP contribution in [0.15, 0.2) is 10.9 Å². The number of hydrogen-bond donors (Lipinski definition) is 1. The molecule has 0 atom stereocenters. The Morgan fingerprint density at radius 1 is 1.47 bits per heavy atom. The minimum atomic E-state index is -0.0958. The summed E-state index contributed by atoms with van der Waals surface area (Å²) < 4.78 is 0. The second-order valence-corrected chi connectivity index (χ2v) is 4.54. The number of H-pyrrole nitrogens is 1.